The van der Waals surface area contributed by atoms with Gasteiger partial charge in [0.1, 0.15) is 18.2 Å². The molecule has 40 heavy (non-hydrogen) atoms. The summed E-state index contributed by atoms with van der Waals surface area (Å²) in [6.07, 6.45) is 0. The molecule has 4 N–H and O–H groups in total. The third-order valence-electron chi connectivity index (χ3n) is 8.26. The zero-order chi connectivity index (χ0) is 28.8. The summed E-state index contributed by atoms with van der Waals surface area (Å²) in [5.41, 5.74) is 15.2. The lowest BCUT2D eigenvalue weighted by molar-refractivity contribution is 0.219. The van der Waals surface area contributed by atoms with Crippen molar-refractivity contribution in [2.24, 2.45) is 11.3 Å². The Morgan fingerprint density at radius 1 is 1.05 bits per heavy atom. The number of benzene rings is 4. The first kappa shape index (κ1) is 27.9. The Kier molecular flexibility index (Phi) is 7.51. The number of nitrogens with zero attached hydrogens (tertiary/aromatic N) is 2. The van der Waals surface area contributed by atoms with Gasteiger partial charge in [-0.15, -0.1) is 0 Å². The predicted octanol–water partition coefficient (Wildman–Crippen LogP) is 7.06. The summed E-state index contributed by atoms with van der Waals surface area (Å²) in [7, 11) is 1.81. The Morgan fingerprint density at radius 2 is 1.82 bits per heavy atom. The molecule has 1 heterocycles. The van der Waals surface area contributed by atoms with E-state index in [2.05, 4.69) is 63.8 Å². The number of fused-ring (bicyclic) bond motifs is 2. The molecular weight excluding hydrogens is 499 g/mol. The molecule has 1 aliphatic rings. The predicted molar refractivity (Wildman–Crippen MR) is 164 cm³/mol. The van der Waals surface area contributed by atoms with Crippen LogP contribution in [0.4, 0.5) is 15.8 Å². The lowest BCUT2D eigenvalue weighted by atomic mass is 9.71. The molecule has 4 aromatic carbocycles. The Balaban J connectivity index is 1.48. The third kappa shape index (κ3) is 5.38. The van der Waals surface area contributed by atoms with Crippen molar-refractivity contribution < 1.29 is 9.13 Å². The van der Waals surface area contributed by atoms with Crippen LogP contribution in [0.1, 0.15) is 60.1 Å². The molecule has 0 saturated carbocycles. The summed E-state index contributed by atoms with van der Waals surface area (Å²) in [6.45, 7) is 14.0. The summed E-state index contributed by atoms with van der Waals surface area (Å²) < 4.78 is 20.7. The highest BCUT2D eigenvalue weighted by Crippen LogP contribution is 2.44. The second-order valence-electron chi connectivity index (χ2n) is 12.3. The number of ether oxygens (including phenoxy) is 1. The molecule has 6 heteroatoms. The minimum Gasteiger partial charge on any atom is -0.492 e. The number of halogens is 1. The van der Waals surface area contributed by atoms with Gasteiger partial charge in [0.2, 0.25) is 0 Å². The van der Waals surface area contributed by atoms with E-state index < -0.39 is 0 Å². The number of nitrogens with two attached hydrogens (primary N) is 2. The van der Waals surface area contributed by atoms with Gasteiger partial charge in [0.25, 0.3) is 0 Å². The van der Waals surface area contributed by atoms with Gasteiger partial charge in [-0.05, 0) is 76.7 Å². The molecule has 1 atom stereocenters. The average Bonchev–Trinajstić information content (AvgIpc) is 3.08. The molecule has 0 saturated heterocycles. The van der Waals surface area contributed by atoms with Crippen molar-refractivity contribution in [2.45, 2.75) is 53.6 Å². The Hall–Kier alpha value is -3.61. The highest BCUT2D eigenvalue weighted by Gasteiger charge is 2.31. The minimum absolute atomic E-state index is 0.0413. The van der Waals surface area contributed by atoms with Gasteiger partial charge < -0.3 is 15.5 Å². The number of hydrogen-bond donors (Lipinski definition) is 2. The molecule has 210 valence electrons. The van der Waals surface area contributed by atoms with Gasteiger partial charge in [0.15, 0.2) is 0 Å². The molecule has 1 aliphatic heterocycles. The van der Waals surface area contributed by atoms with Crippen LogP contribution in [-0.4, -0.2) is 25.1 Å². The van der Waals surface area contributed by atoms with Crippen molar-refractivity contribution in [3.05, 3.63) is 99.9 Å². The highest BCUT2D eigenvalue weighted by atomic mass is 19.1. The van der Waals surface area contributed by atoms with Crippen LogP contribution < -0.4 is 21.3 Å². The van der Waals surface area contributed by atoms with Crippen molar-refractivity contribution in [1.29, 1.82) is 0 Å². The Labute approximate surface area is 237 Å². The lowest BCUT2D eigenvalue weighted by Crippen LogP contribution is -2.27. The topological polar surface area (TPSA) is 67.8 Å². The molecule has 0 spiro atoms. The molecule has 5 nitrogen and oxygen atoms in total. The van der Waals surface area contributed by atoms with Crippen molar-refractivity contribution in [1.82, 2.24) is 4.90 Å². The third-order valence-corrected chi connectivity index (χ3v) is 8.26. The number of aryl methyl sites for hydroxylation is 1. The Morgan fingerprint density at radius 3 is 2.55 bits per heavy atom. The van der Waals surface area contributed by atoms with E-state index in [0.717, 1.165) is 46.7 Å². The molecule has 0 bridgehead atoms. The fraction of sp³-hybridized carbons (Fsp3) is 0.353. The zero-order valence-electron chi connectivity index (χ0n) is 24.5. The van der Waals surface area contributed by atoms with Crippen LogP contribution in [0.25, 0.3) is 10.8 Å². The second-order valence-corrected chi connectivity index (χ2v) is 12.3. The van der Waals surface area contributed by atoms with Crippen LogP contribution in [0.5, 0.6) is 5.75 Å². The van der Waals surface area contributed by atoms with Gasteiger partial charge in [0.05, 0.1) is 11.4 Å². The summed E-state index contributed by atoms with van der Waals surface area (Å²) in [6, 6.07) is 20.2. The van der Waals surface area contributed by atoms with Crippen molar-refractivity contribution in [3.63, 3.8) is 0 Å². The van der Waals surface area contributed by atoms with Crippen molar-refractivity contribution in [2.75, 3.05) is 30.9 Å². The van der Waals surface area contributed by atoms with Crippen molar-refractivity contribution >= 4 is 22.1 Å². The molecule has 0 radical (unpaired) electrons. The molecule has 0 amide bonds. The summed E-state index contributed by atoms with van der Waals surface area (Å²) in [5, 5.41) is 3.08. The first-order valence-corrected chi connectivity index (χ1v) is 14.0. The van der Waals surface area contributed by atoms with Gasteiger partial charge in [-0.3, -0.25) is 4.90 Å². The zero-order valence-corrected chi connectivity index (χ0v) is 24.5. The molecular formula is C34H41FN4O. The van der Waals surface area contributed by atoms with Gasteiger partial charge in [-0.25, -0.2) is 10.2 Å². The fourth-order valence-electron chi connectivity index (χ4n) is 6.09. The molecule has 0 aliphatic carbocycles. The molecule has 5 rings (SSSR count). The van der Waals surface area contributed by atoms with Crippen LogP contribution in [0, 0.1) is 25.1 Å². The van der Waals surface area contributed by atoms with E-state index >= 15 is 0 Å². The monoisotopic (exact) mass is 540 g/mol. The molecule has 0 aromatic heterocycles. The van der Waals surface area contributed by atoms with E-state index in [-0.39, 0.29) is 17.2 Å². The SMILES string of the molecule is Cc1ccc(C(c2ccc(N(C)N)c(N)c2C)C(C)(C)C)cc1CN1CCOc2cc3cccc(F)c3cc2C1. The van der Waals surface area contributed by atoms with Crippen LogP contribution in [0.3, 0.4) is 0 Å². The number of hydrogen-bond acceptors (Lipinski definition) is 5. The standard InChI is InChI=1S/C34H41FN4O/c1-21-10-11-24(32(34(3,4)5)27-12-13-30(38(6)37)33(36)22(27)2)16-25(21)19-39-14-15-40-31-18-23-8-7-9-29(35)28(23)17-26(31)20-39/h7-13,16-18,32H,14-15,19-20,36-37H2,1-6H3. The smallest absolute Gasteiger partial charge is 0.131 e. The van der Waals surface area contributed by atoms with Crippen LogP contribution in [-0.2, 0) is 13.1 Å². The van der Waals surface area contributed by atoms with Crippen LogP contribution in [0.2, 0.25) is 0 Å². The van der Waals surface area contributed by atoms with Gasteiger partial charge in [0, 0.05) is 43.5 Å². The molecule has 1 unspecified atom stereocenters. The van der Waals surface area contributed by atoms with E-state index in [9.17, 15) is 4.39 Å². The van der Waals surface area contributed by atoms with Gasteiger partial charge >= 0.3 is 0 Å². The summed E-state index contributed by atoms with van der Waals surface area (Å²) >= 11 is 0. The Bertz CT molecular complexity index is 1560. The van der Waals surface area contributed by atoms with Crippen LogP contribution >= 0.6 is 0 Å². The quantitative estimate of drug-likeness (QED) is 0.161. The fourth-order valence-corrected chi connectivity index (χ4v) is 6.09. The number of hydrazine groups is 1. The highest BCUT2D eigenvalue weighted by molar-refractivity contribution is 5.85. The maximum atomic E-state index is 14.6. The van der Waals surface area contributed by atoms with E-state index in [0.29, 0.717) is 18.5 Å². The lowest BCUT2D eigenvalue weighted by Gasteiger charge is -2.34. The average molecular weight is 541 g/mol. The first-order valence-electron chi connectivity index (χ1n) is 14.0. The minimum atomic E-state index is -0.199. The van der Waals surface area contributed by atoms with Crippen LogP contribution in [0.15, 0.2) is 60.7 Å². The number of nitrogen functional groups attached to an aromatic ring is 1. The molecule has 0 fully saturated rings. The van der Waals surface area contributed by atoms with Gasteiger partial charge in [-0.1, -0.05) is 57.2 Å². The van der Waals surface area contributed by atoms with E-state index in [1.54, 1.807) is 11.1 Å². The van der Waals surface area contributed by atoms with Gasteiger partial charge in [-0.2, -0.15) is 0 Å². The van der Waals surface area contributed by atoms with E-state index in [1.807, 2.05) is 31.3 Å². The first-order chi connectivity index (χ1) is 18.9. The van der Waals surface area contributed by atoms with E-state index in [4.69, 9.17) is 16.3 Å². The summed E-state index contributed by atoms with van der Waals surface area (Å²) in [4.78, 5) is 2.39. The second kappa shape index (κ2) is 10.8. The normalized spacial score (nSPS) is 14.9. The number of rotatable bonds is 5. The maximum absolute atomic E-state index is 14.6. The van der Waals surface area contributed by atoms with Crippen molar-refractivity contribution in [3.8, 4) is 5.75 Å². The number of anilines is 2. The maximum Gasteiger partial charge on any atom is 0.131 e. The summed E-state index contributed by atoms with van der Waals surface area (Å²) in [5.74, 6) is 6.82. The molecule has 4 aromatic rings. The van der Waals surface area contributed by atoms with E-state index in [1.165, 1.54) is 28.3 Å². The largest absolute Gasteiger partial charge is 0.492 e.